The van der Waals surface area contributed by atoms with Crippen molar-refractivity contribution in [1.29, 1.82) is 0 Å². The lowest BCUT2D eigenvalue weighted by atomic mass is 9.49. The minimum absolute atomic E-state index is 0.316. The SMILES string of the molecule is CON(C)C(=O)N(OCCC12CC3CC(CC(C3)C1)C2)c1ccccc1. The van der Waals surface area contributed by atoms with Crippen LogP contribution in [0.25, 0.3) is 0 Å². The zero-order chi connectivity index (χ0) is 18.1. The maximum absolute atomic E-state index is 12.6. The average molecular weight is 358 g/mol. The van der Waals surface area contributed by atoms with Crippen LogP contribution < -0.4 is 5.06 Å². The first-order chi connectivity index (χ1) is 12.6. The Balaban J connectivity index is 1.41. The van der Waals surface area contributed by atoms with E-state index in [9.17, 15) is 4.79 Å². The Kier molecular flexibility index (Phi) is 4.93. The van der Waals surface area contributed by atoms with Gasteiger partial charge in [0.2, 0.25) is 0 Å². The summed E-state index contributed by atoms with van der Waals surface area (Å²) in [5.74, 6) is 2.81. The van der Waals surface area contributed by atoms with Gasteiger partial charge in [-0.2, -0.15) is 5.06 Å². The highest BCUT2D eigenvalue weighted by atomic mass is 16.7. The van der Waals surface area contributed by atoms with Gasteiger partial charge < -0.3 is 0 Å². The van der Waals surface area contributed by atoms with E-state index >= 15 is 0 Å². The number of anilines is 1. The molecule has 142 valence electrons. The Morgan fingerprint density at radius 1 is 1.08 bits per heavy atom. The van der Waals surface area contributed by atoms with E-state index in [1.54, 1.807) is 7.05 Å². The van der Waals surface area contributed by atoms with Crippen LogP contribution in [0.3, 0.4) is 0 Å². The molecule has 0 atom stereocenters. The summed E-state index contributed by atoms with van der Waals surface area (Å²) < 4.78 is 0. The normalized spacial score (nSPS) is 31.8. The second-order valence-corrected chi connectivity index (χ2v) is 8.59. The lowest BCUT2D eigenvalue weighted by Crippen LogP contribution is -2.47. The molecule has 4 saturated carbocycles. The number of rotatable bonds is 6. The van der Waals surface area contributed by atoms with E-state index in [0.717, 1.165) is 29.9 Å². The molecule has 0 N–H and O–H groups in total. The summed E-state index contributed by atoms with van der Waals surface area (Å²) in [4.78, 5) is 23.7. The molecule has 1 aromatic rings. The Morgan fingerprint density at radius 3 is 2.19 bits per heavy atom. The molecule has 4 bridgehead atoms. The van der Waals surface area contributed by atoms with Crippen LogP contribution >= 0.6 is 0 Å². The van der Waals surface area contributed by atoms with E-state index in [-0.39, 0.29) is 6.03 Å². The first kappa shape index (κ1) is 17.8. The molecule has 5 nitrogen and oxygen atoms in total. The van der Waals surface area contributed by atoms with Crippen molar-refractivity contribution in [3.63, 3.8) is 0 Å². The van der Waals surface area contributed by atoms with Gasteiger partial charge in [-0.3, -0.25) is 9.68 Å². The van der Waals surface area contributed by atoms with Gasteiger partial charge in [-0.1, -0.05) is 18.2 Å². The smallest absolute Gasteiger partial charge is 0.273 e. The third kappa shape index (κ3) is 3.47. The third-order valence-electron chi connectivity index (χ3n) is 6.73. The van der Waals surface area contributed by atoms with E-state index in [2.05, 4.69) is 0 Å². The van der Waals surface area contributed by atoms with Crippen molar-refractivity contribution in [1.82, 2.24) is 5.06 Å². The van der Waals surface area contributed by atoms with Crippen LogP contribution in [-0.2, 0) is 9.68 Å². The summed E-state index contributed by atoms with van der Waals surface area (Å²) in [7, 11) is 3.08. The van der Waals surface area contributed by atoms with Gasteiger partial charge in [-0.25, -0.2) is 9.86 Å². The summed E-state index contributed by atoms with van der Waals surface area (Å²) in [5, 5.41) is 2.56. The monoisotopic (exact) mass is 358 g/mol. The number of carbonyl (C=O) groups is 1. The zero-order valence-corrected chi connectivity index (χ0v) is 15.9. The number of hydrogen-bond donors (Lipinski definition) is 0. The van der Waals surface area contributed by atoms with Crippen molar-refractivity contribution in [2.45, 2.75) is 44.9 Å². The van der Waals surface area contributed by atoms with Crippen molar-refractivity contribution >= 4 is 11.7 Å². The number of para-hydroxylation sites is 1. The lowest BCUT2D eigenvalue weighted by molar-refractivity contribution is -0.0816. The predicted octanol–water partition coefficient (Wildman–Crippen LogP) is 4.64. The van der Waals surface area contributed by atoms with Gasteiger partial charge in [0.25, 0.3) is 0 Å². The molecule has 0 saturated heterocycles. The molecular weight excluding hydrogens is 328 g/mol. The summed E-state index contributed by atoms with van der Waals surface area (Å²) in [6, 6.07) is 9.19. The Labute approximate surface area is 156 Å². The fourth-order valence-corrected chi connectivity index (χ4v) is 5.96. The summed E-state index contributed by atoms with van der Waals surface area (Å²) in [6.07, 6.45) is 9.48. The molecule has 0 spiro atoms. The number of hydrogen-bond acceptors (Lipinski definition) is 3. The molecule has 5 rings (SSSR count). The first-order valence-corrected chi connectivity index (χ1v) is 9.88. The summed E-state index contributed by atoms with van der Waals surface area (Å²) >= 11 is 0. The zero-order valence-electron chi connectivity index (χ0n) is 15.9. The van der Waals surface area contributed by atoms with E-state index < -0.39 is 0 Å². The van der Waals surface area contributed by atoms with Gasteiger partial charge in [0, 0.05) is 7.05 Å². The molecule has 0 heterocycles. The van der Waals surface area contributed by atoms with Gasteiger partial charge >= 0.3 is 6.03 Å². The van der Waals surface area contributed by atoms with Crippen molar-refractivity contribution < 1.29 is 14.5 Å². The summed E-state index contributed by atoms with van der Waals surface area (Å²) in [6.45, 7) is 0.574. The van der Waals surface area contributed by atoms with Crippen LogP contribution in [0.5, 0.6) is 0 Å². The van der Waals surface area contributed by atoms with Crippen LogP contribution in [0, 0.1) is 23.2 Å². The molecule has 4 aliphatic carbocycles. The standard InChI is InChI=1S/C21H30N2O3/c1-22(25-2)20(24)23(19-6-4-3-5-7-19)26-9-8-21-13-16-10-17(14-21)12-18(11-16)15-21/h3-7,16-18H,8-15H2,1-2H3. The number of amides is 2. The number of benzene rings is 1. The van der Waals surface area contributed by atoms with Crippen LogP contribution in [0.1, 0.15) is 44.9 Å². The second kappa shape index (κ2) is 7.20. The molecule has 0 aromatic heterocycles. The largest absolute Gasteiger partial charge is 0.372 e. The molecule has 4 fully saturated rings. The molecule has 5 heteroatoms. The first-order valence-electron chi connectivity index (χ1n) is 9.88. The molecule has 0 aliphatic heterocycles. The Morgan fingerprint density at radius 2 is 1.65 bits per heavy atom. The Hall–Kier alpha value is -1.59. The van der Waals surface area contributed by atoms with Crippen molar-refractivity contribution in [3.05, 3.63) is 30.3 Å². The maximum atomic E-state index is 12.6. The van der Waals surface area contributed by atoms with Crippen molar-refractivity contribution in [3.8, 4) is 0 Å². The average Bonchev–Trinajstić information content (AvgIpc) is 2.63. The van der Waals surface area contributed by atoms with Gasteiger partial charge in [0.05, 0.1) is 19.4 Å². The fraction of sp³-hybridized carbons (Fsp3) is 0.667. The quantitative estimate of drug-likeness (QED) is 0.696. The highest BCUT2D eigenvalue weighted by Crippen LogP contribution is 2.61. The topological polar surface area (TPSA) is 42.0 Å². The number of nitrogens with zero attached hydrogens (tertiary/aromatic N) is 2. The van der Waals surface area contributed by atoms with Gasteiger partial charge in [0.1, 0.15) is 0 Å². The molecule has 0 radical (unpaired) electrons. The number of carbonyl (C=O) groups excluding carboxylic acids is 1. The second-order valence-electron chi connectivity index (χ2n) is 8.59. The van der Waals surface area contributed by atoms with Gasteiger partial charge in [-0.15, -0.1) is 0 Å². The minimum Gasteiger partial charge on any atom is -0.273 e. The van der Waals surface area contributed by atoms with E-state index in [4.69, 9.17) is 9.68 Å². The molecule has 0 unspecified atom stereocenters. The fourth-order valence-electron chi connectivity index (χ4n) is 5.96. The van der Waals surface area contributed by atoms with Crippen LogP contribution in [-0.4, -0.2) is 31.9 Å². The van der Waals surface area contributed by atoms with Crippen molar-refractivity contribution in [2.24, 2.45) is 23.2 Å². The highest BCUT2D eigenvalue weighted by molar-refractivity contribution is 5.89. The molecule has 1 aromatic carbocycles. The number of hydroxylamine groups is 3. The molecule has 2 amide bonds. The molecular formula is C21H30N2O3. The van der Waals surface area contributed by atoms with E-state index in [1.165, 1.54) is 55.8 Å². The van der Waals surface area contributed by atoms with Crippen LogP contribution in [0.4, 0.5) is 10.5 Å². The summed E-state index contributed by atoms with van der Waals surface area (Å²) in [5.41, 5.74) is 1.18. The van der Waals surface area contributed by atoms with E-state index in [1.807, 2.05) is 30.3 Å². The lowest BCUT2D eigenvalue weighted by Gasteiger charge is -2.57. The molecule has 4 aliphatic rings. The number of urea groups is 1. The van der Waals surface area contributed by atoms with Gasteiger partial charge in [-0.05, 0) is 80.2 Å². The minimum atomic E-state index is -0.316. The predicted molar refractivity (Wildman–Crippen MR) is 100 cm³/mol. The van der Waals surface area contributed by atoms with Crippen LogP contribution in [0.2, 0.25) is 0 Å². The van der Waals surface area contributed by atoms with Crippen LogP contribution in [0.15, 0.2) is 30.3 Å². The van der Waals surface area contributed by atoms with Crippen molar-refractivity contribution in [2.75, 3.05) is 25.8 Å². The Bertz CT molecular complexity index is 598. The van der Waals surface area contributed by atoms with Gasteiger partial charge in [0.15, 0.2) is 0 Å². The third-order valence-corrected chi connectivity index (χ3v) is 6.73. The highest BCUT2D eigenvalue weighted by Gasteiger charge is 2.50. The maximum Gasteiger partial charge on any atom is 0.372 e. The molecule has 26 heavy (non-hydrogen) atoms. The van der Waals surface area contributed by atoms with E-state index in [0.29, 0.717) is 12.0 Å².